The van der Waals surface area contributed by atoms with Crippen molar-refractivity contribution >= 4 is 5.91 Å². The number of carbonyl (C=O) groups excluding carboxylic acids is 1. The van der Waals surface area contributed by atoms with Crippen molar-refractivity contribution in [2.45, 2.75) is 52.0 Å². The molecule has 1 rings (SSSR count). The van der Waals surface area contributed by atoms with E-state index in [0.29, 0.717) is 0 Å². The minimum atomic E-state index is -0.356. The van der Waals surface area contributed by atoms with E-state index < -0.39 is 0 Å². The molecular formula is C14H29N3O. The molecule has 1 heterocycles. The van der Waals surface area contributed by atoms with Gasteiger partial charge >= 0.3 is 0 Å². The number of amides is 1. The van der Waals surface area contributed by atoms with Crippen molar-refractivity contribution in [1.82, 2.24) is 10.2 Å². The molecule has 0 spiro atoms. The van der Waals surface area contributed by atoms with Crippen LogP contribution >= 0.6 is 0 Å². The van der Waals surface area contributed by atoms with Gasteiger partial charge in [-0.15, -0.1) is 0 Å². The van der Waals surface area contributed by atoms with E-state index in [4.69, 9.17) is 5.73 Å². The van der Waals surface area contributed by atoms with Crippen LogP contribution in [-0.2, 0) is 4.79 Å². The summed E-state index contributed by atoms with van der Waals surface area (Å²) < 4.78 is 0. The molecule has 2 unspecified atom stereocenters. The van der Waals surface area contributed by atoms with Gasteiger partial charge in [-0.25, -0.2) is 0 Å². The molecule has 106 valence electrons. The van der Waals surface area contributed by atoms with Crippen LogP contribution in [-0.4, -0.2) is 43.0 Å². The Morgan fingerprint density at radius 2 is 2.00 bits per heavy atom. The van der Waals surface area contributed by atoms with E-state index in [0.717, 1.165) is 25.9 Å². The smallest absolute Gasteiger partial charge is 0.237 e. The van der Waals surface area contributed by atoms with Crippen molar-refractivity contribution < 1.29 is 4.79 Å². The van der Waals surface area contributed by atoms with Crippen LogP contribution in [0.25, 0.3) is 0 Å². The normalized spacial score (nSPS) is 20.4. The van der Waals surface area contributed by atoms with Crippen LogP contribution in [0.15, 0.2) is 0 Å². The zero-order valence-corrected chi connectivity index (χ0v) is 12.0. The molecule has 4 heteroatoms. The van der Waals surface area contributed by atoms with Gasteiger partial charge in [0.1, 0.15) is 0 Å². The molecule has 1 saturated heterocycles. The first-order chi connectivity index (χ1) is 8.65. The van der Waals surface area contributed by atoms with Gasteiger partial charge in [0.25, 0.3) is 0 Å². The van der Waals surface area contributed by atoms with Gasteiger partial charge in [0.15, 0.2) is 0 Å². The Morgan fingerprint density at radius 1 is 1.33 bits per heavy atom. The summed E-state index contributed by atoms with van der Waals surface area (Å²) in [7, 11) is 0. The summed E-state index contributed by atoms with van der Waals surface area (Å²) in [5.41, 5.74) is 5.87. The van der Waals surface area contributed by atoms with Crippen LogP contribution in [0.1, 0.15) is 46.0 Å². The second-order valence-corrected chi connectivity index (χ2v) is 5.46. The minimum Gasteiger partial charge on any atom is -0.355 e. The largest absolute Gasteiger partial charge is 0.355 e. The predicted molar refractivity (Wildman–Crippen MR) is 75.3 cm³/mol. The van der Waals surface area contributed by atoms with Crippen molar-refractivity contribution in [2.75, 3.05) is 26.2 Å². The molecule has 1 fully saturated rings. The highest BCUT2D eigenvalue weighted by molar-refractivity contribution is 5.81. The van der Waals surface area contributed by atoms with Gasteiger partial charge in [0.2, 0.25) is 5.91 Å². The fraction of sp³-hybridized carbons (Fsp3) is 0.929. The molecule has 1 aliphatic rings. The van der Waals surface area contributed by atoms with E-state index >= 15 is 0 Å². The molecule has 4 nitrogen and oxygen atoms in total. The lowest BCUT2D eigenvalue weighted by atomic mass is 9.99. The molecule has 1 amide bonds. The topological polar surface area (TPSA) is 58.4 Å². The van der Waals surface area contributed by atoms with Crippen LogP contribution in [0, 0.1) is 5.92 Å². The average Bonchev–Trinajstić information content (AvgIpc) is 2.42. The molecule has 1 aliphatic heterocycles. The molecule has 0 saturated carbocycles. The predicted octanol–water partition coefficient (Wildman–Crippen LogP) is 1.35. The van der Waals surface area contributed by atoms with Crippen LogP contribution in [0.3, 0.4) is 0 Å². The Labute approximate surface area is 111 Å². The second-order valence-electron chi connectivity index (χ2n) is 5.46. The standard InChI is InChI=1S/C14H29N3O/c1-3-12(2)13(15)14(18)16-8-7-11-17-9-5-4-6-10-17/h12-13H,3-11,15H2,1-2H3,(H,16,18). The minimum absolute atomic E-state index is 0.00277. The molecule has 0 aliphatic carbocycles. The number of rotatable bonds is 7. The van der Waals surface area contributed by atoms with E-state index in [-0.39, 0.29) is 17.9 Å². The SMILES string of the molecule is CCC(C)C(N)C(=O)NCCCN1CCCCC1. The van der Waals surface area contributed by atoms with Gasteiger partial charge in [0.05, 0.1) is 6.04 Å². The molecule has 18 heavy (non-hydrogen) atoms. The summed E-state index contributed by atoms with van der Waals surface area (Å²) in [4.78, 5) is 14.2. The van der Waals surface area contributed by atoms with Crippen molar-refractivity contribution in [2.24, 2.45) is 11.7 Å². The molecule has 3 N–H and O–H groups in total. The molecule has 0 aromatic rings. The Morgan fingerprint density at radius 3 is 2.61 bits per heavy atom. The highest BCUT2D eigenvalue weighted by Gasteiger charge is 2.18. The van der Waals surface area contributed by atoms with Crippen LogP contribution < -0.4 is 11.1 Å². The average molecular weight is 255 g/mol. The van der Waals surface area contributed by atoms with Gasteiger partial charge < -0.3 is 16.0 Å². The number of hydrogen-bond acceptors (Lipinski definition) is 3. The molecule has 0 aromatic heterocycles. The van der Waals surface area contributed by atoms with E-state index in [9.17, 15) is 4.79 Å². The van der Waals surface area contributed by atoms with Crippen LogP contribution in [0.5, 0.6) is 0 Å². The number of likely N-dealkylation sites (tertiary alicyclic amines) is 1. The number of nitrogens with one attached hydrogen (secondary N) is 1. The zero-order chi connectivity index (χ0) is 13.4. The van der Waals surface area contributed by atoms with E-state index in [1.54, 1.807) is 0 Å². The van der Waals surface area contributed by atoms with E-state index in [1.807, 2.05) is 6.92 Å². The number of hydrogen-bond donors (Lipinski definition) is 2. The lowest BCUT2D eigenvalue weighted by molar-refractivity contribution is -0.123. The molecule has 2 atom stereocenters. The summed E-state index contributed by atoms with van der Waals surface area (Å²) >= 11 is 0. The molecule has 0 aromatic carbocycles. The van der Waals surface area contributed by atoms with E-state index in [1.165, 1.54) is 32.4 Å². The first-order valence-electron chi connectivity index (χ1n) is 7.40. The maximum atomic E-state index is 11.7. The van der Waals surface area contributed by atoms with Gasteiger partial charge in [-0.3, -0.25) is 4.79 Å². The van der Waals surface area contributed by atoms with Gasteiger partial charge in [0, 0.05) is 6.54 Å². The van der Waals surface area contributed by atoms with Crippen molar-refractivity contribution in [1.29, 1.82) is 0 Å². The van der Waals surface area contributed by atoms with Crippen molar-refractivity contribution in [3.63, 3.8) is 0 Å². The Hall–Kier alpha value is -0.610. The first-order valence-corrected chi connectivity index (χ1v) is 7.40. The fourth-order valence-corrected chi connectivity index (χ4v) is 2.33. The first kappa shape index (κ1) is 15.4. The summed E-state index contributed by atoms with van der Waals surface area (Å²) in [6, 6.07) is -0.356. The van der Waals surface area contributed by atoms with Crippen molar-refractivity contribution in [3.05, 3.63) is 0 Å². The lowest BCUT2D eigenvalue weighted by Crippen LogP contribution is -2.45. The highest BCUT2D eigenvalue weighted by atomic mass is 16.2. The molecule has 0 bridgehead atoms. The Kier molecular flexibility index (Phi) is 7.28. The van der Waals surface area contributed by atoms with E-state index in [2.05, 4.69) is 17.1 Å². The quantitative estimate of drug-likeness (QED) is 0.675. The third-order valence-corrected chi connectivity index (χ3v) is 3.96. The number of nitrogens with zero attached hydrogens (tertiary/aromatic N) is 1. The third-order valence-electron chi connectivity index (χ3n) is 3.96. The van der Waals surface area contributed by atoms with Crippen molar-refractivity contribution in [3.8, 4) is 0 Å². The fourth-order valence-electron chi connectivity index (χ4n) is 2.33. The summed E-state index contributed by atoms with van der Waals surface area (Å²) in [6.07, 6.45) is 5.99. The zero-order valence-electron chi connectivity index (χ0n) is 12.0. The summed E-state index contributed by atoms with van der Waals surface area (Å²) in [5.74, 6) is 0.259. The Balaban J connectivity index is 2.07. The highest BCUT2D eigenvalue weighted by Crippen LogP contribution is 2.08. The lowest BCUT2D eigenvalue weighted by Gasteiger charge is -2.26. The Bertz CT molecular complexity index is 239. The van der Waals surface area contributed by atoms with Gasteiger partial charge in [-0.05, 0) is 44.8 Å². The maximum absolute atomic E-state index is 11.7. The monoisotopic (exact) mass is 255 g/mol. The number of piperidine rings is 1. The summed E-state index contributed by atoms with van der Waals surface area (Å²) in [6.45, 7) is 8.38. The van der Waals surface area contributed by atoms with Crippen LogP contribution in [0.4, 0.5) is 0 Å². The summed E-state index contributed by atoms with van der Waals surface area (Å²) in [5, 5.41) is 2.95. The van der Waals surface area contributed by atoms with Gasteiger partial charge in [-0.1, -0.05) is 26.7 Å². The van der Waals surface area contributed by atoms with Gasteiger partial charge in [-0.2, -0.15) is 0 Å². The van der Waals surface area contributed by atoms with Crippen LogP contribution in [0.2, 0.25) is 0 Å². The number of carbonyl (C=O) groups is 1. The maximum Gasteiger partial charge on any atom is 0.237 e. The second kappa shape index (κ2) is 8.48. The molecular weight excluding hydrogens is 226 g/mol. The molecule has 0 radical (unpaired) electrons. The third kappa shape index (κ3) is 5.36. The number of nitrogens with two attached hydrogens (primary N) is 1.